The average molecular weight is 307 g/mol. The Morgan fingerprint density at radius 1 is 1.35 bits per heavy atom. The van der Waals surface area contributed by atoms with Crippen molar-refractivity contribution >= 4 is 10.0 Å². The molecule has 0 saturated heterocycles. The number of hydrogen-bond acceptors (Lipinski definition) is 6. The number of unbranched alkanes of at least 4 members (excludes halogenated alkanes) is 1. The van der Waals surface area contributed by atoms with E-state index in [1.54, 1.807) is 7.11 Å². The van der Waals surface area contributed by atoms with Crippen LogP contribution in [-0.4, -0.2) is 57.2 Å². The quantitative estimate of drug-likeness (QED) is 0.480. The fourth-order valence-electron chi connectivity index (χ4n) is 1.50. The lowest BCUT2D eigenvalue weighted by Crippen LogP contribution is -2.26. The fraction of sp³-hybridized carbons (Fsp3) is 0.727. The van der Waals surface area contributed by atoms with Gasteiger partial charge in [-0.3, -0.25) is 5.10 Å². The van der Waals surface area contributed by atoms with E-state index >= 15 is 0 Å². The van der Waals surface area contributed by atoms with Gasteiger partial charge in [-0.25, -0.2) is 13.1 Å². The summed E-state index contributed by atoms with van der Waals surface area (Å²) < 4.78 is 36.4. The monoisotopic (exact) mass is 307 g/mol. The zero-order valence-corrected chi connectivity index (χ0v) is 12.3. The predicted molar refractivity (Wildman–Crippen MR) is 71.6 cm³/mol. The summed E-state index contributed by atoms with van der Waals surface area (Å²) in [7, 11) is -2.04. The van der Waals surface area contributed by atoms with Crippen LogP contribution in [0.1, 0.15) is 18.4 Å². The van der Waals surface area contributed by atoms with E-state index in [0.29, 0.717) is 32.8 Å². The zero-order valence-electron chi connectivity index (χ0n) is 11.5. The highest BCUT2D eigenvalue weighted by molar-refractivity contribution is 7.89. The molecule has 1 aromatic rings. The van der Waals surface area contributed by atoms with Crippen LogP contribution in [0.2, 0.25) is 0 Å². The second-order valence-corrected chi connectivity index (χ2v) is 5.80. The summed E-state index contributed by atoms with van der Waals surface area (Å²) in [5.74, 6) is 0. The first-order chi connectivity index (χ1) is 9.61. The van der Waals surface area contributed by atoms with Gasteiger partial charge in [-0.15, -0.1) is 0 Å². The third-order valence-corrected chi connectivity index (χ3v) is 4.03. The van der Waals surface area contributed by atoms with Gasteiger partial charge in [0.2, 0.25) is 0 Å². The van der Waals surface area contributed by atoms with E-state index in [2.05, 4.69) is 14.9 Å². The molecule has 0 aliphatic heterocycles. The number of aliphatic hydroxyl groups is 1. The van der Waals surface area contributed by atoms with E-state index in [4.69, 9.17) is 14.6 Å². The minimum absolute atomic E-state index is 0.0867. The van der Waals surface area contributed by atoms with Crippen molar-refractivity contribution in [2.75, 3.05) is 33.5 Å². The summed E-state index contributed by atoms with van der Waals surface area (Å²) in [6.07, 6.45) is 2.70. The molecular formula is C11H21N3O5S. The second-order valence-electron chi connectivity index (χ2n) is 4.09. The summed E-state index contributed by atoms with van der Waals surface area (Å²) in [6.45, 7) is 1.59. The number of nitrogens with zero attached hydrogens (tertiary/aromatic N) is 1. The first kappa shape index (κ1) is 17.1. The van der Waals surface area contributed by atoms with Crippen molar-refractivity contribution in [3.05, 3.63) is 11.8 Å². The van der Waals surface area contributed by atoms with E-state index in [0.717, 1.165) is 6.42 Å². The maximum absolute atomic E-state index is 11.9. The number of sulfonamides is 1. The molecule has 1 rings (SSSR count). The van der Waals surface area contributed by atoms with Gasteiger partial charge in [0, 0.05) is 25.8 Å². The normalized spacial score (nSPS) is 11.9. The van der Waals surface area contributed by atoms with Crippen LogP contribution in [0.4, 0.5) is 0 Å². The summed E-state index contributed by atoms with van der Waals surface area (Å²) in [4.78, 5) is 0. The Hall–Kier alpha value is -1.00. The number of rotatable bonds is 11. The Bertz CT molecular complexity index is 474. The molecule has 3 N–H and O–H groups in total. The lowest BCUT2D eigenvalue weighted by molar-refractivity contribution is 0.0689. The minimum atomic E-state index is -3.65. The Morgan fingerprint density at radius 3 is 2.85 bits per heavy atom. The Balaban J connectivity index is 2.24. The van der Waals surface area contributed by atoms with E-state index in [1.807, 2.05) is 0 Å². The van der Waals surface area contributed by atoms with Crippen LogP contribution in [-0.2, 0) is 26.1 Å². The van der Waals surface area contributed by atoms with Gasteiger partial charge in [0.15, 0.2) is 5.03 Å². The van der Waals surface area contributed by atoms with Crippen LogP contribution >= 0.6 is 0 Å². The fourth-order valence-corrected chi connectivity index (χ4v) is 2.69. The lowest BCUT2D eigenvalue weighted by atomic mass is 10.3. The summed E-state index contributed by atoms with van der Waals surface area (Å²) >= 11 is 0. The zero-order chi connectivity index (χ0) is 14.8. The number of aromatic amines is 1. The molecule has 0 amide bonds. The first-order valence-electron chi connectivity index (χ1n) is 6.31. The van der Waals surface area contributed by atoms with Gasteiger partial charge >= 0.3 is 0 Å². The molecule has 0 aliphatic rings. The number of hydrogen-bond donors (Lipinski definition) is 3. The molecule has 0 atom stereocenters. The van der Waals surface area contributed by atoms with E-state index in [9.17, 15) is 8.42 Å². The molecule has 0 fully saturated rings. The number of methoxy groups -OCH3 is 1. The van der Waals surface area contributed by atoms with Crippen molar-refractivity contribution in [3.63, 3.8) is 0 Å². The van der Waals surface area contributed by atoms with E-state index in [1.165, 1.54) is 6.20 Å². The molecular weight excluding hydrogens is 286 g/mol. The topological polar surface area (TPSA) is 114 Å². The Labute approximate surface area is 118 Å². The van der Waals surface area contributed by atoms with Crippen molar-refractivity contribution in [1.82, 2.24) is 14.9 Å². The van der Waals surface area contributed by atoms with Crippen molar-refractivity contribution in [1.29, 1.82) is 0 Å². The number of aliphatic hydroxyl groups excluding tert-OH is 1. The molecule has 0 spiro atoms. The Morgan fingerprint density at radius 2 is 2.15 bits per heavy atom. The van der Waals surface area contributed by atoms with Gasteiger partial charge in [-0.05, 0) is 12.8 Å². The minimum Gasteiger partial charge on any atom is -0.392 e. The van der Waals surface area contributed by atoms with Gasteiger partial charge in [0.25, 0.3) is 10.0 Å². The number of H-pyrrole nitrogens is 1. The van der Waals surface area contributed by atoms with Gasteiger partial charge in [-0.1, -0.05) is 0 Å². The number of ether oxygens (including phenoxy) is 2. The van der Waals surface area contributed by atoms with Crippen LogP contribution in [0.3, 0.4) is 0 Å². The van der Waals surface area contributed by atoms with Gasteiger partial charge in [-0.2, -0.15) is 5.10 Å². The largest absolute Gasteiger partial charge is 0.392 e. The highest BCUT2D eigenvalue weighted by Crippen LogP contribution is 2.11. The molecule has 116 valence electrons. The maximum atomic E-state index is 11.9. The van der Waals surface area contributed by atoms with Crippen molar-refractivity contribution in [3.8, 4) is 0 Å². The van der Waals surface area contributed by atoms with Gasteiger partial charge in [0.1, 0.15) is 0 Å². The molecule has 1 heterocycles. The number of nitrogens with one attached hydrogen (secondary N) is 2. The Kier molecular flexibility index (Phi) is 7.70. The number of aromatic nitrogens is 2. The van der Waals surface area contributed by atoms with Crippen LogP contribution in [0.25, 0.3) is 0 Å². The molecule has 0 unspecified atom stereocenters. The van der Waals surface area contributed by atoms with Crippen LogP contribution < -0.4 is 4.72 Å². The molecule has 0 aliphatic carbocycles. The van der Waals surface area contributed by atoms with Gasteiger partial charge < -0.3 is 14.6 Å². The lowest BCUT2D eigenvalue weighted by Gasteiger charge is -2.06. The highest BCUT2D eigenvalue weighted by Gasteiger charge is 2.19. The maximum Gasteiger partial charge on any atom is 0.257 e. The molecule has 1 aromatic heterocycles. The molecule has 0 aromatic carbocycles. The molecule has 0 radical (unpaired) electrons. The van der Waals surface area contributed by atoms with Crippen molar-refractivity contribution in [2.24, 2.45) is 0 Å². The smallest absolute Gasteiger partial charge is 0.257 e. The average Bonchev–Trinajstić information content (AvgIpc) is 2.91. The van der Waals surface area contributed by atoms with E-state index < -0.39 is 10.0 Å². The molecule has 0 bridgehead atoms. The molecule has 9 heteroatoms. The van der Waals surface area contributed by atoms with Crippen molar-refractivity contribution < 1.29 is 23.0 Å². The molecule has 20 heavy (non-hydrogen) atoms. The third kappa shape index (κ3) is 5.55. The standard InChI is InChI=1S/C11H21N3O5S/c1-18-6-7-19-5-3-2-4-13-20(16,17)11-10(9-15)8-12-14-11/h8,13,15H,2-7,9H2,1H3,(H,12,14). The first-order valence-corrected chi connectivity index (χ1v) is 7.79. The third-order valence-electron chi connectivity index (χ3n) is 2.56. The molecule has 0 saturated carbocycles. The SMILES string of the molecule is COCCOCCCCNS(=O)(=O)c1[nH]ncc1CO. The van der Waals surface area contributed by atoms with Gasteiger partial charge in [0.05, 0.1) is 26.0 Å². The van der Waals surface area contributed by atoms with Crippen LogP contribution in [0.15, 0.2) is 11.2 Å². The van der Waals surface area contributed by atoms with E-state index in [-0.39, 0.29) is 17.2 Å². The predicted octanol–water partition coefficient (Wildman–Crippen LogP) is -0.376. The summed E-state index contributed by atoms with van der Waals surface area (Å²) in [5.41, 5.74) is 0.250. The van der Waals surface area contributed by atoms with Crippen LogP contribution in [0.5, 0.6) is 0 Å². The second kappa shape index (κ2) is 9.03. The van der Waals surface area contributed by atoms with Crippen LogP contribution in [0, 0.1) is 0 Å². The summed E-state index contributed by atoms with van der Waals surface area (Å²) in [6, 6.07) is 0. The summed E-state index contributed by atoms with van der Waals surface area (Å²) in [5, 5.41) is 14.9. The molecule has 8 nitrogen and oxygen atoms in total. The van der Waals surface area contributed by atoms with Crippen molar-refractivity contribution in [2.45, 2.75) is 24.5 Å². The highest BCUT2D eigenvalue weighted by atomic mass is 32.2.